The number of aliphatic hydroxyl groups is 1. The third kappa shape index (κ3) is 5.70. The van der Waals surface area contributed by atoms with Crippen molar-refractivity contribution in [2.45, 2.75) is 45.3 Å². The Bertz CT molecular complexity index is 841. The lowest BCUT2D eigenvalue weighted by Gasteiger charge is -2.20. The molecule has 3 aromatic rings. The predicted octanol–water partition coefficient (Wildman–Crippen LogP) is 2.15. The molecule has 0 saturated carbocycles. The van der Waals surface area contributed by atoms with Gasteiger partial charge in [0.25, 0.3) is 0 Å². The molecular formula is C18H27N7O2S. The number of nitrogens with zero attached hydrogens (tertiary/aromatic N) is 5. The fourth-order valence-electron chi connectivity index (χ4n) is 2.76. The average molecular weight is 406 g/mol. The van der Waals surface area contributed by atoms with Crippen LogP contribution in [-0.2, 0) is 6.61 Å². The largest absolute Gasteiger partial charge is 0.480 e. The third-order valence-corrected chi connectivity index (χ3v) is 4.14. The van der Waals surface area contributed by atoms with E-state index in [-0.39, 0.29) is 38.7 Å². The second-order valence-electron chi connectivity index (χ2n) is 6.26. The maximum atomic E-state index is 9.31. The molecule has 0 aliphatic carbocycles. The summed E-state index contributed by atoms with van der Waals surface area (Å²) in [5, 5.41) is 17.0. The molecule has 0 saturated heterocycles. The monoisotopic (exact) mass is 405 g/mol. The number of hydrogen-bond acceptors (Lipinski definition) is 8. The number of hydrogen-bond donors (Lipinski definition) is 3. The SMILES string of the molecule is CCCC[C@@H](CCO)Nc1nc(N)ncc1OCc1nc2ccccn2n1.S. The fraction of sp³-hybridized carbons (Fsp3) is 0.444. The second kappa shape index (κ2) is 10.7. The highest BCUT2D eigenvalue weighted by Gasteiger charge is 2.14. The molecule has 0 amide bonds. The normalized spacial score (nSPS) is 11.8. The van der Waals surface area contributed by atoms with Gasteiger partial charge in [-0.25, -0.2) is 14.5 Å². The number of rotatable bonds is 10. The molecule has 28 heavy (non-hydrogen) atoms. The van der Waals surface area contributed by atoms with Crippen LogP contribution in [0.5, 0.6) is 5.75 Å². The number of nitrogen functional groups attached to an aromatic ring is 1. The van der Waals surface area contributed by atoms with E-state index in [1.54, 1.807) is 4.52 Å². The zero-order valence-corrected chi connectivity index (χ0v) is 16.9. The number of anilines is 2. The molecular weight excluding hydrogens is 378 g/mol. The molecule has 0 spiro atoms. The van der Waals surface area contributed by atoms with Crippen molar-refractivity contribution in [3.63, 3.8) is 0 Å². The van der Waals surface area contributed by atoms with Crippen molar-refractivity contribution in [3.8, 4) is 5.75 Å². The highest BCUT2D eigenvalue weighted by molar-refractivity contribution is 7.59. The molecule has 9 nitrogen and oxygen atoms in total. The second-order valence-corrected chi connectivity index (χ2v) is 6.26. The van der Waals surface area contributed by atoms with Crippen molar-refractivity contribution in [1.82, 2.24) is 24.6 Å². The van der Waals surface area contributed by atoms with Crippen molar-refractivity contribution >= 4 is 30.9 Å². The summed E-state index contributed by atoms with van der Waals surface area (Å²) in [6, 6.07) is 5.75. The van der Waals surface area contributed by atoms with E-state index in [0.717, 1.165) is 24.9 Å². The van der Waals surface area contributed by atoms with Gasteiger partial charge >= 0.3 is 0 Å². The minimum Gasteiger partial charge on any atom is -0.480 e. The first kappa shape index (κ1) is 21.7. The lowest BCUT2D eigenvalue weighted by molar-refractivity contribution is 0.274. The van der Waals surface area contributed by atoms with E-state index in [1.165, 1.54) is 6.20 Å². The smallest absolute Gasteiger partial charge is 0.222 e. The van der Waals surface area contributed by atoms with Gasteiger partial charge in [0.05, 0.1) is 6.20 Å². The van der Waals surface area contributed by atoms with Crippen molar-refractivity contribution in [2.75, 3.05) is 17.7 Å². The molecule has 0 aliphatic heterocycles. The minimum absolute atomic E-state index is 0. The fourth-order valence-corrected chi connectivity index (χ4v) is 2.76. The van der Waals surface area contributed by atoms with Crippen LogP contribution in [0.25, 0.3) is 5.65 Å². The third-order valence-electron chi connectivity index (χ3n) is 4.14. The first-order chi connectivity index (χ1) is 13.2. The van der Waals surface area contributed by atoms with Gasteiger partial charge < -0.3 is 20.9 Å². The van der Waals surface area contributed by atoms with Gasteiger partial charge in [0.15, 0.2) is 23.0 Å². The van der Waals surface area contributed by atoms with E-state index in [4.69, 9.17) is 10.5 Å². The van der Waals surface area contributed by atoms with Crippen molar-refractivity contribution in [3.05, 3.63) is 36.4 Å². The molecule has 3 rings (SSSR count). The maximum absolute atomic E-state index is 9.31. The summed E-state index contributed by atoms with van der Waals surface area (Å²) in [6.07, 6.45) is 7.05. The Morgan fingerprint density at radius 3 is 2.89 bits per heavy atom. The number of aliphatic hydroxyl groups excluding tert-OH is 1. The maximum Gasteiger partial charge on any atom is 0.222 e. The number of pyridine rings is 1. The molecule has 0 unspecified atom stereocenters. The molecule has 0 bridgehead atoms. The van der Waals surface area contributed by atoms with Crippen LogP contribution >= 0.6 is 13.5 Å². The van der Waals surface area contributed by atoms with Crippen LogP contribution < -0.4 is 15.8 Å². The van der Waals surface area contributed by atoms with Gasteiger partial charge in [-0.05, 0) is 25.0 Å². The Morgan fingerprint density at radius 2 is 2.14 bits per heavy atom. The summed E-state index contributed by atoms with van der Waals surface area (Å²) in [5.41, 5.74) is 6.50. The lowest BCUT2D eigenvalue weighted by Crippen LogP contribution is -2.22. The van der Waals surface area contributed by atoms with E-state index < -0.39 is 0 Å². The zero-order valence-electron chi connectivity index (χ0n) is 15.9. The topological polar surface area (TPSA) is 123 Å². The van der Waals surface area contributed by atoms with Crippen molar-refractivity contribution in [1.29, 1.82) is 0 Å². The van der Waals surface area contributed by atoms with Crippen LogP contribution in [0.15, 0.2) is 30.6 Å². The first-order valence-corrected chi connectivity index (χ1v) is 9.12. The van der Waals surface area contributed by atoms with Gasteiger partial charge in [0.2, 0.25) is 5.95 Å². The summed E-state index contributed by atoms with van der Waals surface area (Å²) in [6.45, 7) is 2.42. The molecule has 3 heterocycles. The number of ether oxygens (including phenoxy) is 1. The van der Waals surface area contributed by atoms with Gasteiger partial charge in [-0.1, -0.05) is 25.8 Å². The van der Waals surface area contributed by atoms with Crippen LogP contribution in [0, 0.1) is 0 Å². The Morgan fingerprint density at radius 1 is 1.29 bits per heavy atom. The molecule has 4 N–H and O–H groups in total. The van der Waals surface area contributed by atoms with Gasteiger partial charge in [0.1, 0.15) is 6.61 Å². The number of fused-ring (bicyclic) bond motifs is 1. The Labute approximate surface area is 170 Å². The standard InChI is InChI=1S/C18H25N7O2.H2S/c1-2-3-6-13(8-10-26)21-17-14(11-20-18(19)23-17)27-12-15-22-16-7-4-5-9-25(16)24-15;/h4-5,7,9,11,13,26H,2-3,6,8,10,12H2,1H3,(H3,19,20,21,23);1H2/t13-;/m0./s1. The van der Waals surface area contributed by atoms with Gasteiger partial charge in [0, 0.05) is 18.8 Å². The van der Waals surface area contributed by atoms with E-state index in [2.05, 4.69) is 32.3 Å². The van der Waals surface area contributed by atoms with E-state index in [9.17, 15) is 5.11 Å². The number of unbranched alkanes of at least 4 members (excludes halogenated alkanes) is 1. The molecule has 0 radical (unpaired) electrons. The predicted molar refractivity (Wildman–Crippen MR) is 113 cm³/mol. The van der Waals surface area contributed by atoms with E-state index in [0.29, 0.717) is 23.8 Å². The van der Waals surface area contributed by atoms with Crippen molar-refractivity contribution in [2.24, 2.45) is 0 Å². The van der Waals surface area contributed by atoms with Crippen LogP contribution in [0.1, 0.15) is 38.4 Å². The zero-order chi connectivity index (χ0) is 19.1. The summed E-state index contributed by atoms with van der Waals surface area (Å²) in [4.78, 5) is 12.7. The Kier molecular flexibility index (Phi) is 8.27. The molecule has 10 heteroatoms. The van der Waals surface area contributed by atoms with E-state index >= 15 is 0 Å². The summed E-state index contributed by atoms with van der Waals surface area (Å²) < 4.78 is 7.54. The Balaban J connectivity index is 0.00000280. The molecule has 152 valence electrons. The lowest BCUT2D eigenvalue weighted by atomic mass is 10.1. The number of nitrogens with two attached hydrogens (primary N) is 1. The van der Waals surface area contributed by atoms with E-state index in [1.807, 2.05) is 24.4 Å². The average Bonchev–Trinajstić information content (AvgIpc) is 3.08. The quantitative estimate of drug-likeness (QED) is 0.469. The molecule has 0 fully saturated rings. The number of nitrogens with one attached hydrogen (secondary N) is 1. The van der Waals surface area contributed by atoms with Gasteiger partial charge in [-0.15, -0.1) is 5.10 Å². The highest BCUT2D eigenvalue weighted by atomic mass is 32.1. The molecule has 3 aromatic heterocycles. The number of aromatic nitrogens is 5. The molecule has 0 aromatic carbocycles. The first-order valence-electron chi connectivity index (χ1n) is 9.12. The molecule has 1 atom stereocenters. The van der Waals surface area contributed by atoms with Crippen LogP contribution in [0.2, 0.25) is 0 Å². The molecule has 0 aliphatic rings. The van der Waals surface area contributed by atoms with Gasteiger partial charge in [-0.3, -0.25) is 0 Å². The summed E-state index contributed by atoms with van der Waals surface area (Å²) in [7, 11) is 0. The minimum atomic E-state index is 0. The summed E-state index contributed by atoms with van der Waals surface area (Å²) >= 11 is 0. The van der Waals surface area contributed by atoms with Crippen LogP contribution in [-0.4, -0.2) is 42.3 Å². The van der Waals surface area contributed by atoms with Gasteiger partial charge in [-0.2, -0.15) is 18.5 Å². The van der Waals surface area contributed by atoms with Crippen LogP contribution in [0.3, 0.4) is 0 Å². The highest BCUT2D eigenvalue weighted by Crippen LogP contribution is 2.24. The van der Waals surface area contributed by atoms with Crippen LogP contribution in [0.4, 0.5) is 11.8 Å². The summed E-state index contributed by atoms with van der Waals surface area (Å²) in [5.74, 6) is 1.71. The van der Waals surface area contributed by atoms with Crippen molar-refractivity contribution < 1.29 is 9.84 Å². The Hall–Kier alpha value is -2.59.